The molecular formula is C8H7I2NO2. The lowest BCUT2D eigenvalue weighted by Gasteiger charge is -2.04. The summed E-state index contributed by atoms with van der Waals surface area (Å²) in [5, 5.41) is 0. The molecule has 1 aromatic carbocycles. The van der Waals surface area contributed by atoms with Crippen LogP contribution in [0.2, 0.25) is 0 Å². The Morgan fingerprint density at radius 1 is 1.46 bits per heavy atom. The summed E-state index contributed by atoms with van der Waals surface area (Å²) in [7, 11) is 1.42. The minimum atomic E-state index is -0.217. The second kappa shape index (κ2) is 5.11. The van der Waals surface area contributed by atoms with E-state index >= 15 is 0 Å². The molecule has 0 radical (unpaired) electrons. The van der Waals surface area contributed by atoms with Gasteiger partial charge in [-0.15, -0.1) is 0 Å². The first kappa shape index (κ1) is 11.2. The SMILES string of the molecule is CONC(=O)c1cc(I)ccc1I. The highest BCUT2D eigenvalue weighted by Crippen LogP contribution is 2.15. The Morgan fingerprint density at radius 2 is 2.15 bits per heavy atom. The van der Waals surface area contributed by atoms with Crippen LogP contribution in [0.4, 0.5) is 0 Å². The third-order valence-corrected chi connectivity index (χ3v) is 2.98. The van der Waals surface area contributed by atoms with Gasteiger partial charge in [-0.25, -0.2) is 5.48 Å². The molecule has 1 aromatic rings. The number of hydrogen-bond donors (Lipinski definition) is 1. The first-order valence-corrected chi connectivity index (χ1v) is 5.59. The predicted octanol–water partition coefficient (Wildman–Crippen LogP) is 2.19. The van der Waals surface area contributed by atoms with Crippen molar-refractivity contribution < 1.29 is 9.63 Å². The standard InChI is InChI=1S/C8H7I2NO2/c1-13-11-8(12)6-4-5(9)2-3-7(6)10/h2-4H,1H3,(H,11,12). The molecule has 3 nitrogen and oxygen atoms in total. The van der Waals surface area contributed by atoms with E-state index in [1.807, 2.05) is 18.2 Å². The van der Waals surface area contributed by atoms with Crippen LogP contribution in [0.15, 0.2) is 18.2 Å². The van der Waals surface area contributed by atoms with E-state index in [0.717, 1.165) is 7.14 Å². The average Bonchev–Trinajstić information content (AvgIpc) is 2.09. The van der Waals surface area contributed by atoms with Gasteiger partial charge in [-0.1, -0.05) is 0 Å². The molecule has 0 saturated carbocycles. The molecule has 0 bridgehead atoms. The van der Waals surface area contributed by atoms with Crippen LogP contribution in [-0.2, 0) is 4.84 Å². The number of hydrogen-bond acceptors (Lipinski definition) is 2. The zero-order valence-electron chi connectivity index (χ0n) is 6.80. The van der Waals surface area contributed by atoms with Crippen LogP contribution >= 0.6 is 45.2 Å². The largest absolute Gasteiger partial charge is 0.277 e. The van der Waals surface area contributed by atoms with Gasteiger partial charge in [0.05, 0.1) is 12.7 Å². The summed E-state index contributed by atoms with van der Waals surface area (Å²) in [6, 6.07) is 5.66. The van der Waals surface area contributed by atoms with Crippen molar-refractivity contribution in [2.75, 3.05) is 7.11 Å². The monoisotopic (exact) mass is 403 g/mol. The summed E-state index contributed by atoms with van der Waals surface area (Å²) in [4.78, 5) is 15.9. The first-order valence-electron chi connectivity index (χ1n) is 3.43. The van der Waals surface area contributed by atoms with E-state index in [1.165, 1.54) is 7.11 Å². The molecule has 13 heavy (non-hydrogen) atoms. The fraction of sp³-hybridized carbons (Fsp3) is 0.125. The molecule has 0 atom stereocenters. The van der Waals surface area contributed by atoms with Crippen LogP contribution in [0.1, 0.15) is 10.4 Å². The minimum absolute atomic E-state index is 0.217. The summed E-state index contributed by atoms with van der Waals surface area (Å²) < 4.78 is 1.94. The van der Waals surface area contributed by atoms with Crippen LogP contribution < -0.4 is 5.48 Å². The fourth-order valence-corrected chi connectivity index (χ4v) is 1.89. The van der Waals surface area contributed by atoms with Gasteiger partial charge >= 0.3 is 0 Å². The lowest BCUT2D eigenvalue weighted by molar-refractivity contribution is 0.0536. The van der Waals surface area contributed by atoms with Gasteiger partial charge in [0.15, 0.2) is 0 Å². The lowest BCUT2D eigenvalue weighted by Crippen LogP contribution is -2.22. The van der Waals surface area contributed by atoms with Crippen LogP contribution in [0.25, 0.3) is 0 Å². The molecule has 0 aliphatic rings. The molecule has 0 heterocycles. The number of hydroxylamine groups is 1. The number of carbonyl (C=O) groups excluding carboxylic acids is 1. The van der Waals surface area contributed by atoms with Crippen molar-refractivity contribution in [2.45, 2.75) is 0 Å². The molecule has 70 valence electrons. The Hall–Kier alpha value is 0.110. The van der Waals surface area contributed by atoms with Crippen molar-refractivity contribution in [3.8, 4) is 0 Å². The van der Waals surface area contributed by atoms with Crippen molar-refractivity contribution in [1.29, 1.82) is 0 Å². The molecule has 1 rings (SSSR count). The molecule has 0 fully saturated rings. The smallest absolute Gasteiger partial charge is 0.275 e. The summed E-state index contributed by atoms with van der Waals surface area (Å²) >= 11 is 4.27. The van der Waals surface area contributed by atoms with Crippen molar-refractivity contribution in [3.05, 3.63) is 30.9 Å². The van der Waals surface area contributed by atoms with Crippen molar-refractivity contribution in [2.24, 2.45) is 0 Å². The van der Waals surface area contributed by atoms with Gasteiger partial charge in [-0.3, -0.25) is 9.63 Å². The predicted molar refractivity (Wildman–Crippen MR) is 66.4 cm³/mol. The molecule has 0 aliphatic carbocycles. The minimum Gasteiger partial charge on any atom is -0.277 e. The summed E-state index contributed by atoms with van der Waals surface area (Å²) in [5.41, 5.74) is 2.92. The normalized spacial score (nSPS) is 9.77. The van der Waals surface area contributed by atoms with E-state index in [9.17, 15) is 4.79 Å². The Bertz CT molecular complexity index is 328. The highest BCUT2D eigenvalue weighted by atomic mass is 127. The fourth-order valence-electron chi connectivity index (χ4n) is 0.819. The zero-order chi connectivity index (χ0) is 9.84. The lowest BCUT2D eigenvalue weighted by atomic mass is 10.2. The van der Waals surface area contributed by atoms with Gasteiger partial charge < -0.3 is 0 Å². The average molecular weight is 403 g/mol. The highest BCUT2D eigenvalue weighted by Gasteiger charge is 2.09. The van der Waals surface area contributed by atoms with Crippen molar-refractivity contribution >= 4 is 51.1 Å². The summed E-state index contributed by atoms with van der Waals surface area (Å²) in [6.45, 7) is 0. The molecule has 0 aromatic heterocycles. The molecule has 1 amide bonds. The zero-order valence-corrected chi connectivity index (χ0v) is 11.1. The first-order chi connectivity index (χ1) is 6.15. The van der Waals surface area contributed by atoms with E-state index in [4.69, 9.17) is 0 Å². The van der Waals surface area contributed by atoms with Crippen LogP contribution in [-0.4, -0.2) is 13.0 Å². The van der Waals surface area contributed by atoms with Crippen LogP contribution in [0, 0.1) is 7.14 Å². The number of carbonyl (C=O) groups is 1. The molecule has 0 spiro atoms. The quantitative estimate of drug-likeness (QED) is 0.608. The number of rotatable bonds is 2. The molecular weight excluding hydrogens is 396 g/mol. The van der Waals surface area contributed by atoms with Gasteiger partial charge in [-0.2, -0.15) is 0 Å². The maximum atomic E-state index is 11.4. The Morgan fingerprint density at radius 3 is 2.77 bits per heavy atom. The third kappa shape index (κ3) is 3.06. The number of nitrogens with one attached hydrogen (secondary N) is 1. The van der Waals surface area contributed by atoms with E-state index in [0.29, 0.717) is 5.56 Å². The highest BCUT2D eigenvalue weighted by molar-refractivity contribution is 14.1. The Balaban J connectivity index is 2.99. The van der Waals surface area contributed by atoms with E-state index in [1.54, 1.807) is 0 Å². The molecule has 0 aliphatic heterocycles. The summed E-state index contributed by atoms with van der Waals surface area (Å²) in [5.74, 6) is -0.217. The topological polar surface area (TPSA) is 38.3 Å². The van der Waals surface area contributed by atoms with Gasteiger partial charge in [0, 0.05) is 7.14 Å². The third-order valence-electron chi connectivity index (χ3n) is 1.37. The van der Waals surface area contributed by atoms with Gasteiger partial charge in [0.2, 0.25) is 0 Å². The van der Waals surface area contributed by atoms with E-state index in [2.05, 4.69) is 55.5 Å². The number of benzene rings is 1. The molecule has 0 unspecified atom stereocenters. The van der Waals surface area contributed by atoms with E-state index < -0.39 is 0 Å². The Labute approximate surface area is 103 Å². The molecule has 0 saturated heterocycles. The van der Waals surface area contributed by atoms with Crippen molar-refractivity contribution in [3.63, 3.8) is 0 Å². The second-order valence-corrected chi connectivity index (χ2v) is 4.67. The van der Waals surface area contributed by atoms with Crippen LogP contribution in [0.3, 0.4) is 0 Å². The number of halogens is 2. The summed E-state index contributed by atoms with van der Waals surface area (Å²) in [6.07, 6.45) is 0. The van der Waals surface area contributed by atoms with Crippen molar-refractivity contribution in [1.82, 2.24) is 5.48 Å². The molecule has 5 heteroatoms. The Kier molecular flexibility index (Phi) is 4.39. The molecule has 1 N–H and O–H groups in total. The van der Waals surface area contributed by atoms with Gasteiger partial charge in [0.25, 0.3) is 5.91 Å². The maximum Gasteiger partial charge on any atom is 0.275 e. The van der Waals surface area contributed by atoms with Gasteiger partial charge in [0.1, 0.15) is 0 Å². The van der Waals surface area contributed by atoms with E-state index in [-0.39, 0.29) is 5.91 Å². The second-order valence-electron chi connectivity index (χ2n) is 2.26. The number of amides is 1. The maximum absolute atomic E-state index is 11.4. The van der Waals surface area contributed by atoms with Crippen LogP contribution in [0.5, 0.6) is 0 Å². The van der Waals surface area contributed by atoms with Gasteiger partial charge in [-0.05, 0) is 63.4 Å².